The molecule has 1 nitrogen and oxygen atoms in total. The van der Waals surface area contributed by atoms with Crippen molar-refractivity contribution in [3.63, 3.8) is 0 Å². The van der Waals surface area contributed by atoms with E-state index in [1.165, 1.54) is 70.6 Å². The van der Waals surface area contributed by atoms with Gasteiger partial charge in [0.05, 0.1) is 0 Å². The molecule has 0 unspecified atom stereocenters. The Bertz CT molecular complexity index is 306. The Balaban J connectivity index is 2.43. The molecule has 0 atom stereocenters. The fourth-order valence-electron chi connectivity index (χ4n) is 6.18. The lowest BCUT2D eigenvalue weighted by molar-refractivity contribution is -0.154. The Morgan fingerprint density at radius 2 is 1.25 bits per heavy atom. The monoisotopic (exact) mass is 279 g/mol. The molecule has 1 heteroatoms. The topological polar surface area (TPSA) is 3.24 Å². The first-order chi connectivity index (χ1) is 9.56. The highest BCUT2D eigenvalue weighted by molar-refractivity contribution is 5.13. The fourth-order valence-corrected chi connectivity index (χ4v) is 6.18. The first kappa shape index (κ1) is 16.3. The molecule has 0 aromatic rings. The van der Waals surface area contributed by atoms with Crippen LogP contribution < -0.4 is 0 Å². The minimum atomic E-state index is 0.456. The maximum atomic E-state index is 2.88. The molecular weight excluding hydrogens is 242 g/mol. The molecule has 1 aliphatic heterocycles. The zero-order chi connectivity index (χ0) is 14.9. The summed E-state index contributed by atoms with van der Waals surface area (Å²) in [7, 11) is 2.47. The van der Waals surface area contributed by atoms with Crippen LogP contribution in [0.1, 0.15) is 98.3 Å². The van der Waals surface area contributed by atoms with E-state index in [0.29, 0.717) is 16.5 Å². The summed E-state index contributed by atoms with van der Waals surface area (Å²) in [5.74, 6) is 0. The molecule has 118 valence electrons. The van der Waals surface area contributed by atoms with Crippen molar-refractivity contribution in [2.75, 3.05) is 7.05 Å². The van der Waals surface area contributed by atoms with E-state index in [-0.39, 0.29) is 0 Å². The normalized spacial score (nSPS) is 28.6. The highest BCUT2D eigenvalue weighted by Crippen LogP contribution is 2.60. The lowest BCUT2D eigenvalue weighted by atomic mass is 9.52. The van der Waals surface area contributed by atoms with Crippen molar-refractivity contribution in [3.8, 4) is 0 Å². The summed E-state index contributed by atoms with van der Waals surface area (Å²) >= 11 is 0. The van der Waals surface area contributed by atoms with E-state index in [9.17, 15) is 0 Å². The molecular formula is C19H37N. The van der Waals surface area contributed by atoms with Crippen molar-refractivity contribution in [3.05, 3.63) is 0 Å². The van der Waals surface area contributed by atoms with Crippen LogP contribution in [0.15, 0.2) is 0 Å². The molecule has 1 heterocycles. The Morgan fingerprint density at radius 3 is 1.70 bits per heavy atom. The van der Waals surface area contributed by atoms with E-state index in [1.54, 1.807) is 0 Å². The van der Waals surface area contributed by atoms with Gasteiger partial charge in [-0.2, -0.15) is 0 Å². The molecule has 2 aliphatic rings. The number of likely N-dealkylation sites (tertiary alicyclic amines) is 1. The molecule has 1 aliphatic carbocycles. The summed E-state index contributed by atoms with van der Waals surface area (Å²) in [6.45, 7) is 9.74. The highest BCUT2D eigenvalue weighted by atomic mass is 15.3. The second-order valence-corrected chi connectivity index (χ2v) is 7.57. The first-order valence-electron chi connectivity index (χ1n) is 9.30. The van der Waals surface area contributed by atoms with Crippen molar-refractivity contribution in [1.82, 2.24) is 4.90 Å². The van der Waals surface area contributed by atoms with Crippen LogP contribution in [0.25, 0.3) is 0 Å². The minimum absolute atomic E-state index is 0.456. The van der Waals surface area contributed by atoms with Crippen LogP contribution >= 0.6 is 0 Å². The van der Waals surface area contributed by atoms with Gasteiger partial charge in [0.15, 0.2) is 0 Å². The van der Waals surface area contributed by atoms with Gasteiger partial charge in [-0.3, -0.25) is 4.90 Å². The third-order valence-electron chi connectivity index (χ3n) is 7.71. The van der Waals surface area contributed by atoms with Crippen molar-refractivity contribution in [1.29, 1.82) is 0 Å². The number of hydrogen-bond donors (Lipinski definition) is 0. The number of piperidine rings is 1. The summed E-state index contributed by atoms with van der Waals surface area (Å²) in [5.41, 5.74) is 1.55. The smallest absolute Gasteiger partial charge is 0.0263 e. The highest BCUT2D eigenvalue weighted by Gasteiger charge is 2.58. The van der Waals surface area contributed by atoms with Gasteiger partial charge in [0, 0.05) is 11.1 Å². The molecule has 1 spiro atoms. The van der Waals surface area contributed by atoms with E-state index in [2.05, 4.69) is 39.6 Å². The average Bonchev–Trinajstić information content (AvgIpc) is 2.51. The Kier molecular flexibility index (Phi) is 4.89. The van der Waals surface area contributed by atoms with Gasteiger partial charge in [0.2, 0.25) is 0 Å². The molecule has 2 fully saturated rings. The number of nitrogens with zero attached hydrogens (tertiary/aromatic N) is 1. The van der Waals surface area contributed by atoms with Gasteiger partial charge in [-0.1, -0.05) is 47.0 Å². The summed E-state index contributed by atoms with van der Waals surface area (Å²) in [6.07, 6.45) is 15.6. The van der Waals surface area contributed by atoms with E-state index in [4.69, 9.17) is 0 Å². The Hall–Kier alpha value is -0.0400. The van der Waals surface area contributed by atoms with E-state index in [0.717, 1.165) is 0 Å². The van der Waals surface area contributed by atoms with Crippen LogP contribution in [-0.4, -0.2) is 23.0 Å². The summed E-state index contributed by atoms with van der Waals surface area (Å²) in [5, 5.41) is 0. The van der Waals surface area contributed by atoms with Gasteiger partial charge >= 0.3 is 0 Å². The van der Waals surface area contributed by atoms with Gasteiger partial charge in [-0.05, 0) is 63.8 Å². The maximum absolute atomic E-state index is 2.88. The largest absolute Gasteiger partial charge is 0.295 e. The van der Waals surface area contributed by atoms with Gasteiger partial charge in [-0.15, -0.1) is 0 Å². The number of hydrogen-bond acceptors (Lipinski definition) is 1. The Labute approximate surface area is 127 Å². The van der Waals surface area contributed by atoms with Gasteiger partial charge < -0.3 is 0 Å². The molecule has 0 aromatic heterocycles. The fraction of sp³-hybridized carbons (Fsp3) is 1.00. The lowest BCUT2D eigenvalue weighted by Gasteiger charge is -2.66. The molecule has 20 heavy (non-hydrogen) atoms. The summed E-state index contributed by atoms with van der Waals surface area (Å²) < 4.78 is 0. The zero-order valence-corrected chi connectivity index (χ0v) is 14.7. The molecule has 0 bridgehead atoms. The second kappa shape index (κ2) is 5.99. The van der Waals surface area contributed by atoms with E-state index < -0.39 is 0 Å². The SMILES string of the molecule is CCC1(CC)CCC2(CCCCC2)C(CC)(CC)N1C. The molecule has 0 aromatic carbocycles. The van der Waals surface area contributed by atoms with Crippen LogP contribution in [-0.2, 0) is 0 Å². The van der Waals surface area contributed by atoms with Gasteiger partial charge in [0.25, 0.3) is 0 Å². The van der Waals surface area contributed by atoms with Crippen LogP contribution in [0.5, 0.6) is 0 Å². The standard InChI is InChI=1S/C19H37N/c1-6-18(7-2)16-15-17(13-11-10-12-14-17)19(8-3,9-4)20(18)5/h6-16H2,1-5H3. The van der Waals surface area contributed by atoms with Crippen molar-refractivity contribution in [2.24, 2.45) is 5.41 Å². The summed E-state index contributed by atoms with van der Waals surface area (Å²) in [6, 6.07) is 0. The van der Waals surface area contributed by atoms with Crippen LogP contribution in [0.4, 0.5) is 0 Å². The van der Waals surface area contributed by atoms with Crippen LogP contribution in [0.3, 0.4) is 0 Å². The Morgan fingerprint density at radius 1 is 0.700 bits per heavy atom. The van der Waals surface area contributed by atoms with Crippen molar-refractivity contribution < 1.29 is 0 Å². The molecule has 0 N–H and O–H groups in total. The third kappa shape index (κ3) is 2.07. The van der Waals surface area contributed by atoms with E-state index >= 15 is 0 Å². The third-order valence-corrected chi connectivity index (χ3v) is 7.71. The van der Waals surface area contributed by atoms with Crippen LogP contribution in [0, 0.1) is 5.41 Å². The van der Waals surface area contributed by atoms with Gasteiger partial charge in [0.1, 0.15) is 0 Å². The minimum Gasteiger partial charge on any atom is -0.295 e. The quantitative estimate of drug-likeness (QED) is 0.630. The molecule has 1 saturated heterocycles. The molecule has 0 amide bonds. The first-order valence-corrected chi connectivity index (χ1v) is 9.30. The summed E-state index contributed by atoms with van der Waals surface area (Å²) in [4.78, 5) is 2.88. The van der Waals surface area contributed by atoms with Crippen molar-refractivity contribution in [2.45, 2.75) is 109 Å². The predicted molar refractivity (Wildman–Crippen MR) is 89.1 cm³/mol. The van der Waals surface area contributed by atoms with Crippen LogP contribution in [0.2, 0.25) is 0 Å². The van der Waals surface area contributed by atoms with Gasteiger partial charge in [-0.25, -0.2) is 0 Å². The molecule has 0 radical (unpaired) electrons. The average molecular weight is 280 g/mol. The lowest BCUT2D eigenvalue weighted by Crippen LogP contribution is -2.69. The predicted octanol–water partition coefficient (Wildman–Crippen LogP) is 5.78. The second-order valence-electron chi connectivity index (χ2n) is 7.57. The maximum Gasteiger partial charge on any atom is 0.0263 e. The molecule has 1 saturated carbocycles. The zero-order valence-electron chi connectivity index (χ0n) is 14.7. The van der Waals surface area contributed by atoms with E-state index in [1.807, 2.05) is 0 Å². The number of rotatable bonds is 4. The van der Waals surface area contributed by atoms with Crippen molar-refractivity contribution >= 4 is 0 Å². The molecule has 2 rings (SSSR count).